The van der Waals surface area contributed by atoms with Crippen LogP contribution in [0.2, 0.25) is 0 Å². The number of ether oxygens (including phenoxy) is 2. The molecule has 1 amide bonds. The zero-order valence-electron chi connectivity index (χ0n) is 12.9. The maximum atomic E-state index is 12.6. The number of aliphatic hydroxyl groups is 2. The summed E-state index contributed by atoms with van der Waals surface area (Å²) in [6.07, 6.45) is -1.71. The second-order valence-electron chi connectivity index (χ2n) is 6.79. The maximum Gasteiger partial charge on any atom is 0.417 e. The summed E-state index contributed by atoms with van der Waals surface area (Å²) in [5, 5.41) is 20.3. The molecule has 2 N–H and O–H groups in total. The van der Waals surface area contributed by atoms with E-state index in [1.165, 1.54) is 4.90 Å². The fourth-order valence-electron chi connectivity index (χ4n) is 3.10. The first-order chi connectivity index (χ1) is 10.3. The number of hydrogen-bond donors (Lipinski definition) is 2. The third-order valence-corrected chi connectivity index (χ3v) is 3.93. The van der Waals surface area contributed by atoms with E-state index in [1.807, 2.05) is 0 Å². The van der Waals surface area contributed by atoms with Crippen LogP contribution < -0.4 is 4.90 Å². The molecule has 0 spiro atoms. The third-order valence-electron chi connectivity index (χ3n) is 3.93. The molecular weight excluding hydrogens is 286 g/mol. The number of rotatable bonds is 1. The number of benzene rings is 1. The van der Waals surface area contributed by atoms with E-state index in [-0.39, 0.29) is 13.0 Å². The average Bonchev–Trinajstić information content (AvgIpc) is 2.86. The first-order valence-electron chi connectivity index (χ1n) is 7.37. The molecule has 2 aliphatic heterocycles. The van der Waals surface area contributed by atoms with Crippen molar-refractivity contribution >= 4 is 11.8 Å². The molecule has 1 aromatic rings. The molecule has 0 unspecified atom stereocenters. The van der Waals surface area contributed by atoms with Crippen LogP contribution >= 0.6 is 0 Å². The van der Waals surface area contributed by atoms with Gasteiger partial charge in [0, 0.05) is 12.0 Å². The molecule has 2 heterocycles. The van der Waals surface area contributed by atoms with E-state index in [4.69, 9.17) is 9.47 Å². The Bertz CT molecular complexity index is 596. The minimum atomic E-state index is -1.32. The molecule has 6 heteroatoms. The summed E-state index contributed by atoms with van der Waals surface area (Å²) < 4.78 is 11.1. The Kier molecular flexibility index (Phi) is 3.43. The Morgan fingerprint density at radius 2 is 2.14 bits per heavy atom. The van der Waals surface area contributed by atoms with Crippen LogP contribution in [0.5, 0.6) is 0 Å². The van der Waals surface area contributed by atoms with Crippen LogP contribution in [0.15, 0.2) is 24.3 Å². The average molecular weight is 307 g/mol. The van der Waals surface area contributed by atoms with E-state index in [1.54, 1.807) is 45.0 Å². The molecule has 22 heavy (non-hydrogen) atoms. The zero-order valence-corrected chi connectivity index (χ0v) is 12.9. The van der Waals surface area contributed by atoms with Crippen molar-refractivity contribution in [3.05, 3.63) is 29.8 Å². The number of carbonyl (C=O) groups is 1. The number of amides is 1. The van der Waals surface area contributed by atoms with E-state index in [9.17, 15) is 15.0 Å². The molecule has 0 bridgehead atoms. The molecule has 2 aliphatic rings. The third kappa shape index (κ3) is 2.27. The van der Waals surface area contributed by atoms with Crippen LogP contribution in [-0.4, -0.2) is 40.8 Å². The topological polar surface area (TPSA) is 79.2 Å². The second kappa shape index (κ2) is 4.94. The maximum absolute atomic E-state index is 12.6. The molecule has 3 atom stereocenters. The highest BCUT2D eigenvalue weighted by Gasteiger charge is 2.59. The molecule has 1 aromatic carbocycles. The molecule has 0 radical (unpaired) electrons. The van der Waals surface area contributed by atoms with Gasteiger partial charge in [-0.1, -0.05) is 18.2 Å². The van der Waals surface area contributed by atoms with Gasteiger partial charge in [0.2, 0.25) is 0 Å². The molecule has 0 saturated carbocycles. The first kappa shape index (κ1) is 15.3. The summed E-state index contributed by atoms with van der Waals surface area (Å²) >= 11 is 0. The van der Waals surface area contributed by atoms with Gasteiger partial charge in [0.05, 0.1) is 18.4 Å². The molecule has 120 valence electrons. The second-order valence-corrected chi connectivity index (χ2v) is 6.79. The van der Waals surface area contributed by atoms with E-state index in [0.717, 1.165) is 0 Å². The summed E-state index contributed by atoms with van der Waals surface area (Å²) in [7, 11) is 0. The van der Waals surface area contributed by atoms with Crippen LogP contribution in [-0.2, 0) is 15.1 Å². The molecule has 6 nitrogen and oxygen atoms in total. The van der Waals surface area contributed by atoms with Gasteiger partial charge in [-0.25, -0.2) is 9.69 Å². The normalized spacial score (nSPS) is 30.1. The van der Waals surface area contributed by atoms with E-state index in [2.05, 4.69) is 0 Å². The number of para-hydroxylation sites is 1. The number of fused-ring (bicyclic) bond motifs is 3. The Morgan fingerprint density at radius 1 is 1.45 bits per heavy atom. The van der Waals surface area contributed by atoms with Crippen molar-refractivity contribution in [2.45, 2.75) is 50.7 Å². The molecule has 3 rings (SSSR count). The van der Waals surface area contributed by atoms with Crippen LogP contribution in [0.25, 0.3) is 0 Å². The lowest BCUT2D eigenvalue weighted by Gasteiger charge is -2.29. The predicted octanol–water partition coefficient (Wildman–Crippen LogP) is 1.74. The van der Waals surface area contributed by atoms with E-state index >= 15 is 0 Å². The van der Waals surface area contributed by atoms with E-state index < -0.39 is 29.6 Å². The summed E-state index contributed by atoms with van der Waals surface area (Å²) in [5.74, 6) is 0. The number of nitrogens with zero attached hydrogens (tertiary/aromatic N) is 1. The Labute approximate surface area is 129 Å². The minimum absolute atomic E-state index is 0.205. The first-order valence-corrected chi connectivity index (χ1v) is 7.37. The lowest BCUT2D eigenvalue weighted by atomic mass is 9.91. The minimum Gasteiger partial charge on any atom is -0.443 e. The Morgan fingerprint density at radius 3 is 2.77 bits per heavy atom. The Balaban J connectivity index is 2.01. The van der Waals surface area contributed by atoms with E-state index in [0.29, 0.717) is 11.3 Å². The molecule has 0 aromatic heterocycles. The van der Waals surface area contributed by atoms with Crippen LogP contribution in [0.4, 0.5) is 10.5 Å². The molecule has 1 fully saturated rings. The number of anilines is 1. The lowest BCUT2D eigenvalue weighted by molar-refractivity contribution is -0.0503. The largest absolute Gasteiger partial charge is 0.443 e. The van der Waals surface area contributed by atoms with Gasteiger partial charge in [-0.15, -0.1) is 0 Å². The smallest absolute Gasteiger partial charge is 0.417 e. The van der Waals surface area contributed by atoms with Gasteiger partial charge in [0.15, 0.2) is 6.23 Å². The predicted molar refractivity (Wildman–Crippen MR) is 79.4 cm³/mol. The standard InChI is InChI=1S/C16H21NO5/c1-15(2,3)22-14(19)17-12-7-5-4-6-11(12)16(20)8-10(9-18)21-13(16)17/h4-7,10,13,18,20H,8-9H2,1-3H3/t10-,13-,16+/m0/s1. The van der Waals surface area contributed by atoms with Gasteiger partial charge in [0.1, 0.15) is 11.2 Å². The highest BCUT2D eigenvalue weighted by atomic mass is 16.6. The van der Waals surface area contributed by atoms with Crippen LogP contribution in [0, 0.1) is 0 Å². The van der Waals surface area contributed by atoms with Gasteiger partial charge in [-0.05, 0) is 26.8 Å². The van der Waals surface area contributed by atoms with Crippen molar-refractivity contribution < 1.29 is 24.5 Å². The van der Waals surface area contributed by atoms with Crippen LogP contribution in [0.3, 0.4) is 0 Å². The van der Waals surface area contributed by atoms with Gasteiger partial charge in [0.25, 0.3) is 0 Å². The van der Waals surface area contributed by atoms with Crippen LogP contribution in [0.1, 0.15) is 32.8 Å². The summed E-state index contributed by atoms with van der Waals surface area (Å²) in [5.41, 5.74) is -0.759. The number of carbonyl (C=O) groups excluding carboxylic acids is 1. The van der Waals surface area contributed by atoms with Gasteiger partial charge in [-0.2, -0.15) is 0 Å². The SMILES string of the molecule is CC(C)(C)OC(=O)N1c2ccccc2[C@]2(O)C[C@@H](CO)O[C@H]12. The highest BCUT2D eigenvalue weighted by molar-refractivity contribution is 5.92. The Hall–Kier alpha value is -1.63. The van der Waals surface area contributed by atoms with Gasteiger partial charge < -0.3 is 19.7 Å². The number of hydrogen-bond acceptors (Lipinski definition) is 5. The summed E-state index contributed by atoms with van der Waals surface area (Å²) in [6.45, 7) is 5.14. The van der Waals surface area contributed by atoms with Crippen molar-refractivity contribution in [3.8, 4) is 0 Å². The fraction of sp³-hybridized carbons (Fsp3) is 0.562. The quantitative estimate of drug-likeness (QED) is 0.826. The van der Waals surface area contributed by atoms with Crippen molar-refractivity contribution in [2.24, 2.45) is 0 Å². The molecule has 1 saturated heterocycles. The highest BCUT2D eigenvalue weighted by Crippen LogP contribution is 2.51. The molecular formula is C16H21NO5. The van der Waals surface area contributed by atoms with Gasteiger partial charge >= 0.3 is 6.09 Å². The summed E-state index contributed by atoms with van der Waals surface area (Å²) in [6, 6.07) is 7.13. The van der Waals surface area contributed by atoms with Crippen molar-refractivity contribution in [1.82, 2.24) is 0 Å². The molecule has 0 aliphatic carbocycles. The summed E-state index contributed by atoms with van der Waals surface area (Å²) in [4.78, 5) is 13.9. The monoisotopic (exact) mass is 307 g/mol. The fourth-order valence-corrected chi connectivity index (χ4v) is 3.10. The number of aliphatic hydroxyl groups excluding tert-OH is 1. The van der Waals surface area contributed by atoms with Crippen molar-refractivity contribution in [1.29, 1.82) is 0 Å². The van der Waals surface area contributed by atoms with Crippen molar-refractivity contribution in [3.63, 3.8) is 0 Å². The lowest BCUT2D eigenvalue weighted by Crippen LogP contribution is -2.47. The zero-order chi connectivity index (χ0) is 16.1. The van der Waals surface area contributed by atoms with Gasteiger partial charge in [-0.3, -0.25) is 0 Å². The van der Waals surface area contributed by atoms with Crippen molar-refractivity contribution in [2.75, 3.05) is 11.5 Å².